The molecule has 9 heteroatoms. The van der Waals surface area contributed by atoms with Gasteiger partial charge in [-0.2, -0.15) is 0 Å². The van der Waals surface area contributed by atoms with E-state index in [0.717, 1.165) is 32.2 Å². The van der Waals surface area contributed by atoms with E-state index in [4.69, 9.17) is 4.74 Å². The molecule has 1 aliphatic rings. The number of hydrogen-bond acceptors (Lipinski definition) is 4. The predicted octanol–water partition coefficient (Wildman–Crippen LogP) is 2.33. The third-order valence-electron chi connectivity index (χ3n) is 4.39. The minimum absolute atomic E-state index is 0. The summed E-state index contributed by atoms with van der Waals surface area (Å²) in [6, 6.07) is 0. The fraction of sp³-hybridized carbons (Fsp3) is 0.842. The number of ether oxygens (including phenoxy) is 1. The number of carbonyl (C=O) groups is 2. The fourth-order valence-electron chi connectivity index (χ4n) is 3.20. The van der Waals surface area contributed by atoms with E-state index in [0.29, 0.717) is 25.6 Å². The molecule has 0 heterocycles. The van der Waals surface area contributed by atoms with Crippen molar-refractivity contribution in [3.63, 3.8) is 0 Å². The van der Waals surface area contributed by atoms with Crippen LogP contribution in [0.4, 0.5) is 4.79 Å². The van der Waals surface area contributed by atoms with Gasteiger partial charge in [-0.05, 0) is 40.5 Å². The van der Waals surface area contributed by atoms with Crippen LogP contribution < -0.4 is 16.0 Å². The van der Waals surface area contributed by atoms with E-state index in [-0.39, 0.29) is 35.3 Å². The minimum Gasteiger partial charge on any atom is -0.444 e. The molecule has 0 unspecified atom stereocenters. The van der Waals surface area contributed by atoms with E-state index in [1.165, 1.54) is 0 Å². The van der Waals surface area contributed by atoms with Gasteiger partial charge in [-0.15, -0.1) is 24.0 Å². The molecule has 0 aromatic rings. The SMILES string of the molecule is CCNC(=NCC1(C(=O)N(C)C)CCCC1)NCCNC(=O)OC(C)(C)C.I. The number of halogens is 1. The van der Waals surface area contributed by atoms with Gasteiger partial charge in [0.1, 0.15) is 5.60 Å². The van der Waals surface area contributed by atoms with Crippen molar-refractivity contribution in [2.45, 2.75) is 59.0 Å². The molecular weight excluding hydrogens is 473 g/mol. The van der Waals surface area contributed by atoms with Crippen molar-refractivity contribution < 1.29 is 14.3 Å². The van der Waals surface area contributed by atoms with Crippen LogP contribution in [0.1, 0.15) is 53.4 Å². The summed E-state index contributed by atoms with van der Waals surface area (Å²) in [5.41, 5.74) is -0.900. The fourth-order valence-corrected chi connectivity index (χ4v) is 3.20. The molecule has 0 saturated heterocycles. The van der Waals surface area contributed by atoms with Gasteiger partial charge < -0.3 is 25.6 Å². The maximum atomic E-state index is 12.6. The molecule has 1 aliphatic carbocycles. The average molecular weight is 511 g/mol. The van der Waals surface area contributed by atoms with Crippen LogP contribution >= 0.6 is 24.0 Å². The smallest absolute Gasteiger partial charge is 0.407 e. The van der Waals surface area contributed by atoms with Gasteiger partial charge in [-0.1, -0.05) is 12.8 Å². The molecule has 8 nitrogen and oxygen atoms in total. The van der Waals surface area contributed by atoms with Crippen molar-refractivity contribution in [2.75, 3.05) is 40.3 Å². The molecular formula is C19H38IN5O3. The highest BCUT2D eigenvalue weighted by molar-refractivity contribution is 14.0. The van der Waals surface area contributed by atoms with E-state index in [1.54, 1.807) is 19.0 Å². The zero-order valence-electron chi connectivity index (χ0n) is 18.2. The van der Waals surface area contributed by atoms with E-state index < -0.39 is 11.7 Å². The molecule has 1 fully saturated rings. The third-order valence-corrected chi connectivity index (χ3v) is 4.39. The summed E-state index contributed by atoms with van der Waals surface area (Å²) in [6.07, 6.45) is 3.46. The van der Waals surface area contributed by atoms with Crippen LogP contribution in [0, 0.1) is 5.41 Å². The number of alkyl carbamates (subject to hydrolysis) is 1. The summed E-state index contributed by atoms with van der Waals surface area (Å²) in [5, 5.41) is 9.09. The summed E-state index contributed by atoms with van der Waals surface area (Å²) in [6.45, 7) is 9.60. The van der Waals surface area contributed by atoms with Gasteiger partial charge >= 0.3 is 6.09 Å². The molecule has 0 aromatic heterocycles. The number of nitrogens with zero attached hydrogens (tertiary/aromatic N) is 2. The van der Waals surface area contributed by atoms with Crippen LogP contribution in [0.5, 0.6) is 0 Å². The Hall–Kier alpha value is -1.26. The van der Waals surface area contributed by atoms with Gasteiger partial charge in [0.2, 0.25) is 5.91 Å². The number of aliphatic imine (C=N–C) groups is 1. The summed E-state index contributed by atoms with van der Waals surface area (Å²) in [4.78, 5) is 30.6. The van der Waals surface area contributed by atoms with Crippen LogP contribution in [0.3, 0.4) is 0 Å². The van der Waals surface area contributed by atoms with Crippen LogP contribution in [-0.4, -0.2) is 68.7 Å². The summed E-state index contributed by atoms with van der Waals surface area (Å²) in [7, 11) is 3.61. The van der Waals surface area contributed by atoms with Crippen LogP contribution in [0.25, 0.3) is 0 Å². The highest BCUT2D eigenvalue weighted by atomic mass is 127. The van der Waals surface area contributed by atoms with Crippen LogP contribution in [-0.2, 0) is 9.53 Å². The van der Waals surface area contributed by atoms with Crippen LogP contribution in [0.15, 0.2) is 4.99 Å². The second kappa shape index (κ2) is 12.3. The Kier molecular flexibility index (Phi) is 11.8. The number of hydrogen-bond donors (Lipinski definition) is 3. The maximum Gasteiger partial charge on any atom is 0.407 e. The zero-order chi connectivity index (χ0) is 20.5. The second-order valence-electron chi connectivity index (χ2n) is 8.24. The van der Waals surface area contributed by atoms with Gasteiger partial charge in [0.15, 0.2) is 5.96 Å². The van der Waals surface area contributed by atoms with Gasteiger partial charge in [0, 0.05) is 33.7 Å². The van der Waals surface area contributed by atoms with Crippen molar-refractivity contribution >= 4 is 41.9 Å². The van der Waals surface area contributed by atoms with Crippen molar-refractivity contribution in [3.05, 3.63) is 0 Å². The van der Waals surface area contributed by atoms with Crippen molar-refractivity contribution in [3.8, 4) is 0 Å². The number of rotatable bonds is 7. The molecule has 1 rings (SSSR count). The van der Waals surface area contributed by atoms with Gasteiger partial charge in [-0.25, -0.2) is 4.79 Å². The Morgan fingerprint density at radius 2 is 1.64 bits per heavy atom. The quantitative estimate of drug-likeness (QED) is 0.211. The van der Waals surface area contributed by atoms with Gasteiger partial charge in [0.25, 0.3) is 0 Å². The molecule has 1 saturated carbocycles. The van der Waals surface area contributed by atoms with E-state index >= 15 is 0 Å². The Labute approximate surface area is 186 Å². The Bertz CT molecular complexity index is 526. The van der Waals surface area contributed by atoms with Crippen molar-refractivity contribution in [1.82, 2.24) is 20.9 Å². The molecule has 0 radical (unpaired) electrons. The highest BCUT2D eigenvalue weighted by Crippen LogP contribution is 2.39. The molecule has 0 atom stereocenters. The Balaban J connectivity index is 0.00000729. The minimum atomic E-state index is -0.511. The van der Waals surface area contributed by atoms with E-state index in [9.17, 15) is 9.59 Å². The summed E-state index contributed by atoms with van der Waals surface area (Å²) in [5.74, 6) is 0.813. The molecule has 0 aliphatic heterocycles. The molecule has 0 bridgehead atoms. The number of amides is 2. The first-order valence-corrected chi connectivity index (χ1v) is 9.80. The van der Waals surface area contributed by atoms with Crippen LogP contribution in [0.2, 0.25) is 0 Å². The normalized spacial score (nSPS) is 16.0. The molecule has 3 N–H and O–H groups in total. The average Bonchev–Trinajstić information content (AvgIpc) is 3.04. The second-order valence-corrected chi connectivity index (χ2v) is 8.24. The van der Waals surface area contributed by atoms with Crippen molar-refractivity contribution in [1.29, 1.82) is 0 Å². The number of guanidine groups is 1. The Morgan fingerprint density at radius 1 is 1.07 bits per heavy atom. The predicted molar refractivity (Wildman–Crippen MR) is 123 cm³/mol. The molecule has 28 heavy (non-hydrogen) atoms. The van der Waals surface area contributed by atoms with Gasteiger partial charge in [-0.3, -0.25) is 9.79 Å². The highest BCUT2D eigenvalue weighted by Gasteiger charge is 2.42. The monoisotopic (exact) mass is 511 g/mol. The van der Waals surface area contributed by atoms with E-state index in [1.807, 2.05) is 27.7 Å². The summed E-state index contributed by atoms with van der Waals surface area (Å²) >= 11 is 0. The third kappa shape index (κ3) is 9.29. The number of nitrogens with one attached hydrogen (secondary N) is 3. The lowest BCUT2D eigenvalue weighted by Gasteiger charge is -2.29. The summed E-state index contributed by atoms with van der Waals surface area (Å²) < 4.78 is 5.20. The number of carbonyl (C=O) groups excluding carboxylic acids is 2. The Morgan fingerprint density at radius 3 is 2.14 bits per heavy atom. The molecule has 0 aromatic carbocycles. The zero-order valence-corrected chi connectivity index (χ0v) is 20.5. The van der Waals surface area contributed by atoms with Gasteiger partial charge in [0.05, 0.1) is 12.0 Å². The first kappa shape index (κ1) is 26.7. The maximum absolute atomic E-state index is 12.6. The lowest BCUT2D eigenvalue weighted by molar-refractivity contribution is -0.138. The molecule has 2 amide bonds. The van der Waals surface area contributed by atoms with Crippen molar-refractivity contribution in [2.24, 2.45) is 10.4 Å². The molecule has 0 spiro atoms. The first-order valence-electron chi connectivity index (χ1n) is 9.80. The largest absolute Gasteiger partial charge is 0.444 e. The lowest BCUT2D eigenvalue weighted by atomic mass is 9.85. The standard InChI is InChI=1S/C19H37N5O3.HI/c1-7-20-16(21-12-13-22-17(26)27-18(2,3)4)23-14-19(10-8-9-11-19)15(25)24(5)6;/h7-14H2,1-6H3,(H,22,26)(H2,20,21,23);1H. The first-order chi connectivity index (χ1) is 12.6. The topological polar surface area (TPSA) is 95.1 Å². The molecule has 164 valence electrons. The van der Waals surface area contributed by atoms with E-state index in [2.05, 4.69) is 20.9 Å². The lowest BCUT2D eigenvalue weighted by Crippen LogP contribution is -2.44.